The molecule has 0 saturated heterocycles. The number of amides is 1. The van der Waals surface area contributed by atoms with E-state index in [1.54, 1.807) is 18.2 Å². The van der Waals surface area contributed by atoms with Crippen LogP contribution in [0.25, 0.3) is 0 Å². The molecule has 1 aromatic carbocycles. The van der Waals surface area contributed by atoms with Gasteiger partial charge < -0.3 is 10.1 Å². The summed E-state index contributed by atoms with van der Waals surface area (Å²) in [5.74, 6) is 0.0291. The number of H-pyrrole nitrogens is 1. The maximum atomic E-state index is 12.3. The zero-order chi connectivity index (χ0) is 16.4. The first-order chi connectivity index (χ1) is 11.1. The number of carbonyl (C=O) groups excluding carboxylic acids is 1. The van der Waals surface area contributed by atoms with Crippen molar-refractivity contribution in [3.05, 3.63) is 50.8 Å². The van der Waals surface area contributed by atoms with E-state index in [1.165, 1.54) is 0 Å². The molecule has 0 aliphatic carbocycles. The fourth-order valence-corrected chi connectivity index (χ4v) is 2.67. The molecule has 0 fully saturated rings. The van der Waals surface area contributed by atoms with Crippen LogP contribution < -0.4 is 10.1 Å². The zero-order valence-corrected chi connectivity index (χ0v) is 12.7. The summed E-state index contributed by atoms with van der Waals surface area (Å²) >= 11 is 5.96. The Hall–Kier alpha value is -2.61. The van der Waals surface area contributed by atoms with Crippen LogP contribution in [-0.2, 0) is 0 Å². The molecule has 0 radical (unpaired) electrons. The average molecular weight is 337 g/mol. The average Bonchev–Trinajstić information content (AvgIpc) is 2.93. The van der Waals surface area contributed by atoms with Crippen molar-refractivity contribution in [1.29, 1.82) is 0 Å². The van der Waals surface area contributed by atoms with Crippen LogP contribution in [0, 0.1) is 10.1 Å². The number of nitrogens with one attached hydrogen (secondary N) is 2. The van der Waals surface area contributed by atoms with E-state index >= 15 is 0 Å². The Morgan fingerprint density at radius 3 is 3.13 bits per heavy atom. The number of nitrogens with zero attached hydrogens (tertiary/aromatic N) is 2. The molecule has 1 aliphatic rings. The maximum absolute atomic E-state index is 12.3. The van der Waals surface area contributed by atoms with Crippen molar-refractivity contribution < 1.29 is 14.5 Å². The second kappa shape index (κ2) is 6.25. The SMILES string of the molecule is O=C(NC1CCCOc2cc(Cl)ccc21)c1[nH]ncc1[N+](=O)[O-]. The van der Waals surface area contributed by atoms with E-state index in [-0.39, 0.29) is 17.4 Å². The number of hydrogen-bond acceptors (Lipinski definition) is 5. The van der Waals surface area contributed by atoms with Gasteiger partial charge in [-0.1, -0.05) is 17.7 Å². The van der Waals surface area contributed by atoms with Gasteiger partial charge in [0.15, 0.2) is 0 Å². The molecule has 23 heavy (non-hydrogen) atoms. The van der Waals surface area contributed by atoms with Gasteiger partial charge in [0.25, 0.3) is 5.91 Å². The molecule has 0 bridgehead atoms. The van der Waals surface area contributed by atoms with Crippen molar-refractivity contribution >= 4 is 23.2 Å². The van der Waals surface area contributed by atoms with Gasteiger partial charge in [0.05, 0.1) is 17.6 Å². The molecule has 1 aliphatic heterocycles. The number of halogens is 1. The smallest absolute Gasteiger partial charge is 0.319 e. The predicted octanol–water partition coefficient (Wildman–Crippen LogP) is 2.62. The molecule has 1 amide bonds. The van der Waals surface area contributed by atoms with Gasteiger partial charge in [-0.15, -0.1) is 0 Å². The molecule has 1 unspecified atom stereocenters. The lowest BCUT2D eigenvalue weighted by Crippen LogP contribution is -2.29. The van der Waals surface area contributed by atoms with Crippen LogP contribution in [0.3, 0.4) is 0 Å². The van der Waals surface area contributed by atoms with Crippen molar-refractivity contribution in [2.24, 2.45) is 0 Å². The predicted molar refractivity (Wildman–Crippen MR) is 81.6 cm³/mol. The van der Waals surface area contributed by atoms with Gasteiger partial charge >= 0.3 is 5.69 Å². The number of rotatable bonds is 3. The van der Waals surface area contributed by atoms with E-state index in [1.807, 2.05) is 0 Å². The number of carbonyl (C=O) groups is 1. The summed E-state index contributed by atoms with van der Waals surface area (Å²) < 4.78 is 5.63. The van der Waals surface area contributed by atoms with Gasteiger partial charge in [0.2, 0.25) is 5.69 Å². The minimum Gasteiger partial charge on any atom is -0.493 e. The highest BCUT2D eigenvalue weighted by atomic mass is 35.5. The summed E-state index contributed by atoms with van der Waals surface area (Å²) in [6.45, 7) is 0.518. The Labute approximate surface area is 135 Å². The number of fused-ring (bicyclic) bond motifs is 1. The van der Waals surface area contributed by atoms with Crippen molar-refractivity contribution in [2.75, 3.05) is 6.61 Å². The molecule has 9 heteroatoms. The first-order valence-electron chi connectivity index (χ1n) is 6.97. The minimum absolute atomic E-state index is 0.171. The third kappa shape index (κ3) is 3.11. The normalized spacial score (nSPS) is 16.8. The molecular weight excluding hydrogens is 324 g/mol. The van der Waals surface area contributed by atoms with Crippen molar-refractivity contribution in [3.63, 3.8) is 0 Å². The molecule has 3 rings (SSSR count). The zero-order valence-electron chi connectivity index (χ0n) is 11.9. The van der Waals surface area contributed by atoms with Gasteiger partial charge in [-0.05, 0) is 25.0 Å². The largest absolute Gasteiger partial charge is 0.493 e. The van der Waals surface area contributed by atoms with E-state index < -0.39 is 10.8 Å². The summed E-state index contributed by atoms with van der Waals surface area (Å²) in [4.78, 5) is 22.6. The molecule has 2 N–H and O–H groups in total. The number of aromatic amines is 1. The molecule has 1 atom stereocenters. The van der Waals surface area contributed by atoms with Crippen LogP contribution in [0.2, 0.25) is 5.02 Å². The van der Waals surface area contributed by atoms with Gasteiger partial charge in [-0.25, -0.2) is 0 Å². The van der Waals surface area contributed by atoms with Crippen LogP contribution in [0.4, 0.5) is 5.69 Å². The lowest BCUT2D eigenvalue weighted by Gasteiger charge is -2.18. The van der Waals surface area contributed by atoms with Gasteiger partial charge in [0, 0.05) is 10.6 Å². The Morgan fingerprint density at radius 2 is 2.35 bits per heavy atom. The van der Waals surface area contributed by atoms with E-state index in [2.05, 4.69) is 15.5 Å². The summed E-state index contributed by atoms with van der Waals surface area (Å²) in [6.07, 6.45) is 2.41. The Kier molecular flexibility index (Phi) is 4.16. The van der Waals surface area contributed by atoms with Crippen LogP contribution >= 0.6 is 11.6 Å². The van der Waals surface area contributed by atoms with E-state index in [4.69, 9.17) is 16.3 Å². The van der Waals surface area contributed by atoms with Crippen LogP contribution in [-0.4, -0.2) is 27.6 Å². The summed E-state index contributed by atoms with van der Waals surface area (Å²) in [5, 5.41) is 20.2. The van der Waals surface area contributed by atoms with Crippen LogP contribution in [0.5, 0.6) is 5.75 Å². The quantitative estimate of drug-likeness (QED) is 0.661. The first kappa shape index (κ1) is 15.3. The lowest BCUT2D eigenvalue weighted by molar-refractivity contribution is -0.385. The molecule has 2 heterocycles. The summed E-state index contributed by atoms with van der Waals surface area (Å²) in [5.41, 5.74) is 0.266. The molecular formula is C14H13ClN4O4. The third-order valence-corrected chi connectivity index (χ3v) is 3.83. The number of benzene rings is 1. The van der Waals surface area contributed by atoms with Gasteiger partial charge in [-0.3, -0.25) is 20.0 Å². The van der Waals surface area contributed by atoms with Crippen LogP contribution in [0.1, 0.15) is 34.9 Å². The van der Waals surface area contributed by atoms with E-state index in [9.17, 15) is 14.9 Å². The summed E-state index contributed by atoms with van der Waals surface area (Å²) in [7, 11) is 0. The van der Waals surface area contributed by atoms with E-state index in [0.29, 0.717) is 23.8 Å². The Bertz CT molecular complexity index is 761. The van der Waals surface area contributed by atoms with Gasteiger partial charge in [0.1, 0.15) is 11.9 Å². The Balaban J connectivity index is 1.86. The molecule has 0 saturated carbocycles. The fourth-order valence-electron chi connectivity index (χ4n) is 2.51. The summed E-state index contributed by atoms with van der Waals surface area (Å²) in [6, 6.07) is 4.88. The van der Waals surface area contributed by atoms with Crippen molar-refractivity contribution in [1.82, 2.24) is 15.5 Å². The standard InChI is InChI=1S/C14H13ClN4O4/c15-8-3-4-9-10(2-1-5-23-12(9)6-8)17-14(20)13-11(19(21)22)7-16-18-13/h3-4,6-7,10H,1-2,5H2,(H,16,18)(H,17,20). The fraction of sp³-hybridized carbons (Fsp3) is 0.286. The Morgan fingerprint density at radius 1 is 1.52 bits per heavy atom. The topological polar surface area (TPSA) is 110 Å². The second-order valence-corrected chi connectivity index (χ2v) is 5.52. The molecule has 0 spiro atoms. The highest BCUT2D eigenvalue weighted by Gasteiger charge is 2.27. The molecule has 2 aromatic rings. The van der Waals surface area contributed by atoms with Gasteiger partial charge in [-0.2, -0.15) is 5.10 Å². The van der Waals surface area contributed by atoms with E-state index in [0.717, 1.165) is 18.2 Å². The number of aromatic nitrogens is 2. The number of nitro groups is 1. The number of hydrogen-bond donors (Lipinski definition) is 2. The van der Waals surface area contributed by atoms with Crippen LogP contribution in [0.15, 0.2) is 24.4 Å². The molecule has 120 valence electrons. The van der Waals surface area contributed by atoms with Crippen molar-refractivity contribution in [2.45, 2.75) is 18.9 Å². The lowest BCUT2D eigenvalue weighted by atomic mass is 10.0. The molecule has 8 nitrogen and oxygen atoms in total. The monoisotopic (exact) mass is 336 g/mol. The molecule has 1 aromatic heterocycles. The first-order valence-corrected chi connectivity index (χ1v) is 7.35. The third-order valence-electron chi connectivity index (χ3n) is 3.59. The highest BCUT2D eigenvalue weighted by Crippen LogP contribution is 2.33. The number of ether oxygens (including phenoxy) is 1. The highest BCUT2D eigenvalue weighted by molar-refractivity contribution is 6.30. The van der Waals surface area contributed by atoms with Crippen molar-refractivity contribution in [3.8, 4) is 5.75 Å². The maximum Gasteiger partial charge on any atom is 0.319 e. The minimum atomic E-state index is -0.650. The second-order valence-electron chi connectivity index (χ2n) is 5.09.